The zero-order valence-corrected chi connectivity index (χ0v) is 26.8. The van der Waals surface area contributed by atoms with Gasteiger partial charge in [-0.25, -0.2) is 0 Å². The van der Waals surface area contributed by atoms with Crippen molar-refractivity contribution in [2.24, 2.45) is 5.92 Å². The molecule has 0 heterocycles. The predicted octanol–water partition coefficient (Wildman–Crippen LogP) is 5.35. The topological polar surface area (TPSA) is 145 Å². The monoisotopic (exact) mass is 618 g/mol. The Bertz CT molecular complexity index is 935. The average molecular weight is 619 g/mol. The second-order valence-corrected chi connectivity index (χ2v) is 12.9. The Labute approximate surface area is 264 Å². The quantitative estimate of drug-likeness (QED) is 0.0770. The lowest BCUT2D eigenvalue weighted by Crippen LogP contribution is -2.31. The number of ketones is 1. The van der Waals surface area contributed by atoms with Gasteiger partial charge in [-0.1, -0.05) is 87.8 Å². The molecule has 0 saturated heterocycles. The van der Waals surface area contributed by atoms with Gasteiger partial charge in [0.05, 0.1) is 30.5 Å². The lowest BCUT2D eigenvalue weighted by molar-refractivity contribution is -0.148. The molecule has 5 N–H and O–H groups in total. The van der Waals surface area contributed by atoms with E-state index in [-0.39, 0.29) is 44.3 Å². The summed E-state index contributed by atoms with van der Waals surface area (Å²) in [5.74, 6) is -0.891. The molecule has 0 aliphatic heterocycles. The summed E-state index contributed by atoms with van der Waals surface area (Å²) in [7, 11) is 0. The molecule has 7 atom stereocenters. The van der Waals surface area contributed by atoms with E-state index in [1.54, 1.807) is 0 Å². The standard InChI is InChI=1S/C36H58O8/c1-27(37)44-35(18-14-9-7-5-3-2-4-6-8-11-15-28-16-12-10-13-17-28)26-34(42)25-33(41)24-32(40)23-31(39)22-29-21-30(38)19-20-36(29)43/h10,12-13,16-17,19-20,29,31-36,39-43H,2-9,11,14-15,18,21-26H2,1H3/t29-,31-,32-,33-,34-,35-,36+/m1/s1. The number of aliphatic hydroxyl groups excluding tert-OH is 5. The molecule has 0 spiro atoms. The number of allylic oxidation sites excluding steroid dienone is 1. The number of carbonyl (C=O) groups is 2. The minimum Gasteiger partial charge on any atom is -0.462 e. The van der Waals surface area contributed by atoms with Gasteiger partial charge in [0.1, 0.15) is 6.10 Å². The first-order valence-corrected chi connectivity index (χ1v) is 16.9. The first-order valence-electron chi connectivity index (χ1n) is 16.9. The molecule has 250 valence electrons. The third-order valence-corrected chi connectivity index (χ3v) is 8.58. The van der Waals surface area contributed by atoms with E-state index in [1.807, 2.05) is 0 Å². The molecule has 1 aliphatic rings. The Balaban J connectivity index is 1.53. The van der Waals surface area contributed by atoms with Crippen LogP contribution in [0.15, 0.2) is 42.5 Å². The van der Waals surface area contributed by atoms with Crippen LogP contribution in [-0.2, 0) is 20.7 Å². The van der Waals surface area contributed by atoms with Gasteiger partial charge in [0.25, 0.3) is 0 Å². The van der Waals surface area contributed by atoms with Crippen molar-refractivity contribution in [2.45, 2.75) is 159 Å². The summed E-state index contributed by atoms with van der Waals surface area (Å²) in [6.07, 6.45) is 12.0. The maximum absolute atomic E-state index is 11.6. The Hall–Kier alpha value is -2.10. The number of ether oxygens (including phenoxy) is 1. The summed E-state index contributed by atoms with van der Waals surface area (Å²) in [5, 5.41) is 51.6. The number of rotatable bonds is 24. The minimum atomic E-state index is -0.997. The van der Waals surface area contributed by atoms with Gasteiger partial charge in [0, 0.05) is 19.8 Å². The first kappa shape index (κ1) is 38.1. The Morgan fingerprint density at radius 3 is 1.89 bits per heavy atom. The number of hydrogen-bond donors (Lipinski definition) is 5. The van der Waals surface area contributed by atoms with Crippen LogP contribution in [0.25, 0.3) is 0 Å². The fourth-order valence-electron chi connectivity index (χ4n) is 6.23. The van der Waals surface area contributed by atoms with Crippen LogP contribution in [0.2, 0.25) is 0 Å². The van der Waals surface area contributed by atoms with Crippen molar-refractivity contribution in [2.75, 3.05) is 0 Å². The lowest BCUT2D eigenvalue weighted by Gasteiger charge is -2.26. The minimum absolute atomic E-state index is 0.000884. The highest BCUT2D eigenvalue weighted by molar-refractivity contribution is 5.90. The van der Waals surface area contributed by atoms with Crippen LogP contribution in [0.4, 0.5) is 0 Å². The zero-order chi connectivity index (χ0) is 32.2. The third kappa shape index (κ3) is 18.0. The largest absolute Gasteiger partial charge is 0.462 e. The molecule has 1 aromatic rings. The number of esters is 1. The summed E-state index contributed by atoms with van der Waals surface area (Å²) in [4.78, 5) is 23.2. The van der Waals surface area contributed by atoms with E-state index in [0.717, 1.165) is 25.7 Å². The van der Waals surface area contributed by atoms with E-state index in [0.29, 0.717) is 6.42 Å². The number of carbonyl (C=O) groups excluding carboxylic acids is 2. The number of aryl methyl sites for hydroxylation is 1. The summed E-state index contributed by atoms with van der Waals surface area (Å²) in [6.45, 7) is 1.36. The van der Waals surface area contributed by atoms with Crippen molar-refractivity contribution in [3.8, 4) is 0 Å². The van der Waals surface area contributed by atoms with E-state index in [4.69, 9.17) is 4.74 Å². The highest BCUT2D eigenvalue weighted by Crippen LogP contribution is 2.24. The second-order valence-electron chi connectivity index (χ2n) is 12.9. The summed E-state index contributed by atoms with van der Waals surface area (Å²) < 4.78 is 5.43. The van der Waals surface area contributed by atoms with Gasteiger partial charge in [-0.3, -0.25) is 9.59 Å². The summed E-state index contributed by atoms with van der Waals surface area (Å²) >= 11 is 0. The van der Waals surface area contributed by atoms with Crippen LogP contribution in [-0.4, -0.2) is 73.9 Å². The number of unbranched alkanes of at least 4 members (excludes halogenated alkanes) is 9. The molecule has 2 rings (SSSR count). The van der Waals surface area contributed by atoms with Crippen molar-refractivity contribution in [1.29, 1.82) is 0 Å². The SMILES string of the molecule is CC(=O)O[C@H](CCCCCCCCCCCCc1ccccc1)C[C@H](O)C[C@H](O)C[C@H](O)C[C@H](O)C[C@H]1CC(=O)C=C[C@@H]1O. The van der Waals surface area contributed by atoms with Crippen LogP contribution < -0.4 is 0 Å². The van der Waals surface area contributed by atoms with Crippen molar-refractivity contribution < 1.29 is 39.9 Å². The van der Waals surface area contributed by atoms with Crippen molar-refractivity contribution in [3.05, 3.63) is 48.0 Å². The fourth-order valence-corrected chi connectivity index (χ4v) is 6.23. The maximum Gasteiger partial charge on any atom is 0.302 e. The van der Waals surface area contributed by atoms with Crippen LogP contribution in [0.1, 0.15) is 122 Å². The van der Waals surface area contributed by atoms with E-state index in [1.165, 1.54) is 69.6 Å². The first-order chi connectivity index (χ1) is 21.1. The predicted molar refractivity (Wildman–Crippen MR) is 172 cm³/mol. The third-order valence-electron chi connectivity index (χ3n) is 8.58. The van der Waals surface area contributed by atoms with Gasteiger partial charge in [-0.05, 0) is 68.9 Å². The van der Waals surface area contributed by atoms with E-state index in [2.05, 4.69) is 30.3 Å². The van der Waals surface area contributed by atoms with Gasteiger partial charge in [-0.15, -0.1) is 0 Å². The molecule has 44 heavy (non-hydrogen) atoms. The van der Waals surface area contributed by atoms with Gasteiger partial charge < -0.3 is 30.3 Å². The molecular weight excluding hydrogens is 560 g/mol. The number of aliphatic hydroxyl groups is 5. The zero-order valence-electron chi connectivity index (χ0n) is 26.8. The molecule has 0 aromatic heterocycles. The second kappa shape index (κ2) is 22.4. The van der Waals surface area contributed by atoms with Gasteiger partial charge in [0.15, 0.2) is 5.78 Å². The van der Waals surface area contributed by atoms with Crippen molar-refractivity contribution >= 4 is 11.8 Å². The van der Waals surface area contributed by atoms with Crippen LogP contribution in [0.5, 0.6) is 0 Å². The molecule has 1 aromatic carbocycles. The molecule has 1 aliphatic carbocycles. The van der Waals surface area contributed by atoms with Crippen LogP contribution >= 0.6 is 0 Å². The highest BCUT2D eigenvalue weighted by atomic mass is 16.5. The van der Waals surface area contributed by atoms with Gasteiger partial charge in [-0.2, -0.15) is 0 Å². The van der Waals surface area contributed by atoms with Crippen molar-refractivity contribution in [3.63, 3.8) is 0 Å². The summed E-state index contributed by atoms with van der Waals surface area (Å²) in [6, 6.07) is 10.7. The maximum atomic E-state index is 11.6. The number of benzene rings is 1. The van der Waals surface area contributed by atoms with Gasteiger partial charge >= 0.3 is 5.97 Å². The van der Waals surface area contributed by atoms with E-state index >= 15 is 0 Å². The Morgan fingerprint density at radius 1 is 0.773 bits per heavy atom. The van der Waals surface area contributed by atoms with Crippen molar-refractivity contribution in [1.82, 2.24) is 0 Å². The normalized spacial score (nSPS) is 20.2. The molecule has 0 unspecified atom stereocenters. The van der Waals surface area contributed by atoms with E-state index < -0.39 is 48.5 Å². The summed E-state index contributed by atoms with van der Waals surface area (Å²) in [5.41, 5.74) is 1.42. The molecule has 8 heteroatoms. The molecule has 0 radical (unpaired) electrons. The molecule has 0 fully saturated rings. The van der Waals surface area contributed by atoms with Crippen LogP contribution in [0.3, 0.4) is 0 Å². The highest BCUT2D eigenvalue weighted by Gasteiger charge is 2.28. The molecule has 0 saturated carbocycles. The van der Waals surface area contributed by atoms with E-state index in [9.17, 15) is 35.1 Å². The fraction of sp³-hybridized carbons (Fsp3) is 0.722. The molecule has 0 amide bonds. The smallest absolute Gasteiger partial charge is 0.302 e. The molecule has 0 bridgehead atoms. The van der Waals surface area contributed by atoms with Crippen LogP contribution in [0, 0.1) is 5.92 Å². The lowest BCUT2D eigenvalue weighted by atomic mass is 9.85. The molecule has 8 nitrogen and oxygen atoms in total. The Morgan fingerprint density at radius 2 is 1.30 bits per heavy atom. The Kier molecular flexibility index (Phi) is 19.4. The molecular formula is C36H58O8. The number of hydrogen-bond acceptors (Lipinski definition) is 8. The van der Waals surface area contributed by atoms with Gasteiger partial charge in [0.2, 0.25) is 0 Å². The average Bonchev–Trinajstić information content (AvgIpc) is 2.95.